The minimum absolute atomic E-state index is 0.0722. The first-order valence-electron chi connectivity index (χ1n) is 9.08. The van der Waals surface area contributed by atoms with E-state index in [9.17, 15) is 4.79 Å². The molecular formula is C19H24N4O2. The van der Waals surface area contributed by atoms with Crippen LogP contribution in [0.3, 0.4) is 0 Å². The van der Waals surface area contributed by atoms with E-state index in [4.69, 9.17) is 4.42 Å². The number of hydrogen-bond donors (Lipinski definition) is 2. The average molecular weight is 340 g/mol. The summed E-state index contributed by atoms with van der Waals surface area (Å²) in [5.41, 5.74) is 0.637. The van der Waals surface area contributed by atoms with Gasteiger partial charge in [-0.05, 0) is 63.0 Å². The van der Waals surface area contributed by atoms with E-state index in [0.29, 0.717) is 18.2 Å². The van der Waals surface area contributed by atoms with E-state index in [2.05, 4.69) is 20.5 Å². The van der Waals surface area contributed by atoms with Crippen molar-refractivity contribution >= 4 is 11.7 Å². The summed E-state index contributed by atoms with van der Waals surface area (Å²) in [5.74, 6) is 1.61. The summed E-state index contributed by atoms with van der Waals surface area (Å²) in [7, 11) is 0. The molecule has 1 saturated carbocycles. The summed E-state index contributed by atoms with van der Waals surface area (Å²) in [4.78, 5) is 19.2. The fourth-order valence-corrected chi connectivity index (χ4v) is 3.32. The molecule has 6 heteroatoms. The van der Waals surface area contributed by atoms with Gasteiger partial charge in [0.15, 0.2) is 0 Å². The van der Waals surface area contributed by atoms with E-state index in [1.54, 1.807) is 18.5 Å². The number of hydrogen-bond acceptors (Lipinski definition) is 5. The summed E-state index contributed by atoms with van der Waals surface area (Å²) >= 11 is 0. The monoisotopic (exact) mass is 340 g/mol. The van der Waals surface area contributed by atoms with Gasteiger partial charge in [-0.25, -0.2) is 4.98 Å². The van der Waals surface area contributed by atoms with Crippen molar-refractivity contribution in [2.45, 2.75) is 37.8 Å². The van der Waals surface area contributed by atoms with Crippen LogP contribution < -0.4 is 10.6 Å². The second kappa shape index (κ2) is 7.27. The largest absolute Gasteiger partial charge is 0.468 e. The van der Waals surface area contributed by atoms with Crippen molar-refractivity contribution in [1.29, 1.82) is 0 Å². The summed E-state index contributed by atoms with van der Waals surface area (Å²) in [6.07, 6.45) is 8.14. The first-order chi connectivity index (χ1) is 12.3. The molecule has 132 valence electrons. The lowest BCUT2D eigenvalue weighted by molar-refractivity contribution is 0.0933. The van der Waals surface area contributed by atoms with Crippen LogP contribution in [-0.2, 0) is 0 Å². The highest BCUT2D eigenvalue weighted by molar-refractivity contribution is 5.94. The van der Waals surface area contributed by atoms with Gasteiger partial charge < -0.3 is 15.1 Å². The zero-order chi connectivity index (χ0) is 17.1. The number of carbonyl (C=O) groups excluding carboxylic acids is 1. The number of furan rings is 1. The van der Waals surface area contributed by atoms with Crippen molar-refractivity contribution in [2.24, 2.45) is 0 Å². The van der Waals surface area contributed by atoms with E-state index in [0.717, 1.165) is 24.7 Å². The summed E-state index contributed by atoms with van der Waals surface area (Å²) in [6.45, 7) is 2.64. The maximum Gasteiger partial charge on any atom is 0.251 e. The number of nitrogens with zero attached hydrogens (tertiary/aromatic N) is 2. The van der Waals surface area contributed by atoms with Gasteiger partial charge in [0.05, 0.1) is 12.3 Å². The fraction of sp³-hybridized carbons (Fsp3) is 0.474. The molecule has 4 rings (SSSR count). The van der Waals surface area contributed by atoms with Gasteiger partial charge in [-0.2, -0.15) is 0 Å². The molecule has 0 aromatic carbocycles. The molecule has 1 atom stereocenters. The van der Waals surface area contributed by atoms with Crippen molar-refractivity contribution in [3.8, 4) is 0 Å². The Morgan fingerprint density at radius 2 is 2.16 bits per heavy atom. The molecule has 2 aromatic heterocycles. The van der Waals surface area contributed by atoms with Gasteiger partial charge in [-0.3, -0.25) is 9.69 Å². The van der Waals surface area contributed by atoms with Crippen LogP contribution in [0.25, 0.3) is 0 Å². The molecule has 1 amide bonds. The second-order valence-corrected chi connectivity index (χ2v) is 6.83. The van der Waals surface area contributed by atoms with Gasteiger partial charge in [0.2, 0.25) is 0 Å². The van der Waals surface area contributed by atoms with Crippen molar-refractivity contribution in [1.82, 2.24) is 15.2 Å². The van der Waals surface area contributed by atoms with Crippen LogP contribution in [0.5, 0.6) is 0 Å². The summed E-state index contributed by atoms with van der Waals surface area (Å²) in [6, 6.07) is 8.08. The Balaban J connectivity index is 1.40. The Morgan fingerprint density at radius 1 is 1.32 bits per heavy atom. The SMILES string of the molecule is O=C(NC[C@@H](c1ccco1)N1CCCC1)c1ccnc(NC2CC2)c1. The molecule has 0 bridgehead atoms. The highest BCUT2D eigenvalue weighted by Gasteiger charge is 2.26. The molecule has 1 aliphatic carbocycles. The van der Waals surface area contributed by atoms with Crippen LogP contribution >= 0.6 is 0 Å². The molecule has 2 aliphatic rings. The van der Waals surface area contributed by atoms with Gasteiger partial charge in [-0.15, -0.1) is 0 Å². The quantitative estimate of drug-likeness (QED) is 0.811. The lowest BCUT2D eigenvalue weighted by atomic mass is 10.1. The maximum atomic E-state index is 12.6. The number of aromatic nitrogens is 1. The molecule has 1 saturated heterocycles. The Kier molecular flexibility index (Phi) is 4.70. The third kappa shape index (κ3) is 4.02. The zero-order valence-corrected chi connectivity index (χ0v) is 14.3. The highest BCUT2D eigenvalue weighted by Crippen LogP contribution is 2.25. The minimum atomic E-state index is -0.0722. The van der Waals surface area contributed by atoms with Gasteiger partial charge in [0, 0.05) is 24.3 Å². The smallest absolute Gasteiger partial charge is 0.251 e. The second-order valence-electron chi connectivity index (χ2n) is 6.83. The normalized spacial score (nSPS) is 18.9. The Morgan fingerprint density at radius 3 is 2.88 bits per heavy atom. The van der Waals surface area contributed by atoms with Crippen LogP contribution in [0, 0.1) is 0 Å². The fourth-order valence-electron chi connectivity index (χ4n) is 3.32. The molecule has 3 heterocycles. The standard InChI is InChI=1S/C19H24N4O2/c24-19(14-7-8-20-18(12-14)22-15-5-6-15)21-13-16(17-4-3-11-25-17)23-9-1-2-10-23/h3-4,7-8,11-12,15-16H,1-2,5-6,9-10,13H2,(H,20,22)(H,21,24)/t16-/m0/s1. The van der Waals surface area contributed by atoms with Gasteiger partial charge in [0.25, 0.3) is 5.91 Å². The lowest BCUT2D eigenvalue weighted by Gasteiger charge is -2.26. The third-order valence-corrected chi connectivity index (χ3v) is 4.86. The molecule has 6 nitrogen and oxygen atoms in total. The van der Waals surface area contributed by atoms with E-state index in [1.807, 2.05) is 18.2 Å². The Bertz CT molecular complexity index is 706. The molecule has 1 aliphatic heterocycles. The van der Waals surface area contributed by atoms with Gasteiger partial charge in [0.1, 0.15) is 11.6 Å². The number of nitrogens with one attached hydrogen (secondary N) is 2. The average Bonchev–Trinajstić information content (AvgIpc) is 3.08. The molecule has 25 heavy (non-hydrogen) atoms. The Hall–Kier alpha value is -2.34. The first kappa shape index (κ1) is 16.1. The third-order valence-electron chi connectivity index (χ3n) is 4.86. The number of carbonyl (C=O) groups is 1. The molecule has 2 aromatic rings. The molecule has 0 spiro atoms. The zero-order valence-electron chi connectivity index (χ0n) is 14.3. The van der Waals surface area contributed by atoms with E-state index in [-0.39, 0.29) is 11.9 Å². The summed E-state index contributed by atoms with van der Waals surface area (Å²) in [5, 5.41) is 6.39. The molecule has 0 unspecified atom stereocenters. The topological polar surface area (TPSA) is 70.4 Å². The van der Waals surface area contributed by atoms with E-state index in [1.165, 1.54) is 25.7 Å². The van der Waals surface area contributed by atoms with Crippen molar-refractivity contribution in [3.05, 3.63) is 48.0 Å². The van der Waals surface area contributed by atoms with Gasteiger partial charge >= 0.3 is 0 Å². The molecular weight excluding hydrogens is 316 g/mol. The first-order valence-corrected chi connectivity index (χ1v) is 9.08. The van der Waals surface area contributed by atoms with Crippen LogP contribution in [-0.4, -0.2) is 41.5 Å². The summed E-state index contributed by atoms with van der Waals surface area (Å²) < 4.78 is 5.60. The maximum absolute atomic E-state index is 12.6. The lowest BCUT2D eigenvalue weighted by Crippen LogP contribution is -2.36. The minimum Gasteiger partial charge on any atom is -0.468 e. The number of likely N-dealkylation sites (tertiary alicyclic amines) is 1. The van der Waals surface area contributed by atoms with E-state index < -0.39 is 0 Å². The van der Waals surface area contributed by atoms with Crippen molar-refractivity contribution in [3.63, 3.8) is 0 Å². The van der Waals surface area contributed by atoms with Crippen LogP contribution in [0.1, 0.15) is 47.8 Å². The number of pyridine rings is 1. The molecule has 2 N–H and O–H groups in total. The number of amides is 1. The van der Waals surface area contributed by atoms with Crippen LogP contribution in [0.15, 0.2) is 41.1 Å². The van der Waals surface area contributed by atoms with Crippen molar-refractivity contribution < 1.29 is 9.21 Å². The van der Waals surface area contributed by atoms with Crippen molar-refractivity contribution in [2.75, 3.05) is 25.0 Å². The Labute approximate surface area is 147 Å². The highest BCUT2D eigenvalue weighted by atomic mass is 16.3. The predicted molar refractivity (Wildman–Crippen MR) is 95.5 cm³/mol. The van der Waals surface area contributed by atoms with E-state index >= 15 is 0 Å². The number of anilines is 1. The molecule has 2 fully saturated rings. The predicted octanol–water partition coefficient (Wildman–Crippen LogP) is 2.82. The molecule has 0 radical (unpaired) electrons. The van der Waals surface area contributed by atoms with Crippen LogP contribution in [0.2, 0.25) is 0 Å². The van der Waals surface area contributed by atoms with Gasteiger partial charge in [-0.1, -0.05) is 0 Å². The number of rotatable bonds is 7. The van der Waals surface area contributed by atoms with Crippen LogP contribution in [0.4, 0.5) is 5.82 Å².